The number of hydrogen-bond donors (Lipinski definition) is 0. The summed E-state index contributed by atoms with van der Waals surface area (Å²) in [4.78, 5) is 26.5. The number of hydrogen-bond acceptors (Lipinski definition) is 6. The van der Waals surface area contributed by atoms with E-state index in [9.17, 15) is 18.0 Å². The van der Waals surface area contributed by atoms with Crippen LogP contribution in [0.4, 0.5) is 0 Å². The molecule has 2 heterocycles. The maximum absolute atomic E-state index is 14.4. The first-order valence-electron chi connectivity index (χ1n) is 12.7. The van der Waals surface area contributed by atoms with Crippen molar-refractivity contribution in [2.24, 2.45) is 13.0 Å². The fourth-order valence-electron chi connectivity index (χ4n) is 5.72. The Hall–Kier alpha value is -3.66. The topological polar surface area (TPSA) is 94.9 Å². The Bertz CT molecular complexity index is 1700. The van der Waals surface area contributed by atoms with Crippen molar-refractivity contribution in [3.05, 3.63) is 100 Å². The number of esters is 2. The lowest BCUT2D eigenvalue weighted by molar-refractivity contribution is -0.161. The molecule has 0 N–H and O–H groups in total. The smallest absolute Gasteiger partial charge is 0.322 e. The summed E-state index contributed by atoms with van der Waals surface area (Å²) in [7, 11) is -0.126. The lowest BCUT2D eigenvalue weighted by Crippen LogP contribution is -2.49. The fourth-order valence-corrected chi connectivity index (χ4v) is 7.61. The molecule has 2 atom stereocenters. The summed E-state index contributed by atoms with van der Waals surface area (Å²) >= 11 is 6.70. The molecule has 0 unspecified atom stereocenters. The van der Waals surface area contributed by atoms with Gasteiger partial charge < -0.3 is 14.0 Å². The fraction of sp³-hybridized carbons (Fsp3) is 0.267. The molecule has 0 bridgehead atoms. The van der Waals surface area contributed by atoms with Crippen LogP contribution in [0, 0.1) is 12.8 Å². The molecular formula is C30H29ClN2O6S. The van der Waals surface area contributed by atoms with Crippen LogP contribution < -0.4 is 0 Å². The number of ether oxygens (including phenoxy) is 2. The van der Waals surface area contributed by atoms with Crippen molar-refractivity contribution in [3.8, 4) is 0 Å². The van der Waals surface area contributed by atoms with Crippen LogP contribution >= 0.6 is 11.6 Å². The van der Waals surface area contributed by atoms with Gasteiger partial charge in [0, 0.05) is 41.1 Å². The number of carbonyl (C=O) groups is 2. The number of methoxy groups -OCH3 is 2. The zero-order chi connectivity index (χ0) is 28.8. The van der Waals surface area contributed by atoms with E-state index in [-0.39, 0.29) is 11.4 Å². The molecule has 0 amide bonds. The first-order valence-corrected chi connectivity index (χ1v) is 14.5. The summed E-state index contributed by atoms with van der Waals surface area (Å²) < 4.78 is 42.0. The van der Waals surface area contributed by atoms with E-state index in [1.54, 1.807) is 25.2 Å². The molecule has 0 aliphatic carbocycles. The SMILES string of the molecule is COC(=O)C(C(=O)OC)[C@H]1c2c(c3ccccc3n2C)[C@@H](c2ccccc2Cl)CN1S(=O)(=O)c1ccc(C)cc1. The Morgan fingerprint density at radius 2 is 1.52 bits per heavy atom. The second kappa shape index (κ2) is 10.7. The predicted molar refractivity (Wildman–Crippen MR) is 152 cm³/mol. The van der Waals surface area contributed by atoms with E-state index in [0.717, 1.165) is 41.8 Å². The molecule has 40 heavy (non-hydrogen) atoms. The molecule has 1 aliphatic heterocycles. The number of rotatable bonds is 6. The van der Waals surface area contributed by atoms with E-state index >= 15 is 0 Å². The first kappa shape index (κ1) is 27.9. The number of para-hydroxylation sites is 1. The van der Waals surface area contributed by atoms with Gasteiger partial charge in [-0.15, -0.1) is 0 Å². The van der Waals surface area contributed by atoms with Gasteiger partial charge in [0.2, 0.25) is 10.0 Å². The minimum absolute atomic E-state index is 0.0386. The first-order chi connectivity index (χ1) is 19.1. The Morgan fingerprint density at radius 1 is 0.925 bits per heavy atom. The molecule has 0 saturated carbocycles. The van der Waals surface area contributed by atoms with Crippen molar-refractivity contribution in [1.29, 1.82) is 0 Å². The summed E-state index contributed by atoms with van der Waals surface area (Å²) in [5.74, 6) is -3.87. The summed E-state index contributed by atoms with van der Waals surface area (Å²) in [6.07, 6.45) is 0. The van der Waals surface area contributed by atoms with Crippen LogP contribution in [-0.4, -0.2) is 50.0 Å². The number of sulfonamides is 1. The van der Waals surface area contributed by atoms with Crippen molar-refractivity contribution in [1.82, 2.24) is 8.87 Å². The second-order valence-corrected chi connectivity index (χ2v) is 12.1. The molecule has 1 aromatic heterocycles. The van der Waals surface area contributed by atoms with Gasteiger partial charge in [-0.05, 0) is 42.3 Å². The quantitative estimate of drug-likeness (QED) is 0.236. The number of benzene rings is 3. The molecule has 0 radical (unpaired) electrons. The minimum atomic E-state index is -4.25. The van der Waals surface area contributed by atoms with E-state index in [1.165, 1.54) is 16.4 Å². The van der Waals surface area contributed by atoms with Gasteiger partial charge in [0.15, 0.2) is 5.92 Å². The molecule has 208 valence electrons. The highest BCUT2D eigenvalue weighted by atomic mass is 35.5. The number of aryl methyl sites for hydroxylation is 2. The third-order valence-electron chi connectivity index (χ3n) is 7.63. The van der Waals surface area contributed by atoms with Crippen LogP contribution in [0.25, 0.3) is 10.9 Å². The number of nitrogens with zero attached hydrogens (tertiary/aromatic N) is 2. The van der Waals surface area contributed by atoms with Crippen LogP contribution in [0.3, 0.4) is 0 Å². The molecule has 0 spiro atoms. The highest BCUT2D eigenvalue weighted by Crippen LogP contribution is 2.50. The maximum atomic E-state index is 14.4. The normalized spacial score (nSPS) is 17.6. The highest BCUT2D eigenvalue weighted by molar-refractivity contribution is 7.89. The van der Waals surface area contributed by atoms with E-state index in [0.29, 0.717) is 10.7 Å². The maximum Gasteiger partial charge on any atom is 0.322 e. The highest BCUT2D eigenvalue weighted by Gasteiger charge is 2.52. The summed E-state index contributed by atoms with van der Waals surface area (Å²) in [5.41, 5.74) is 3.73. The summed E-state index contributed by atoms with van der Waals surface area (Å²) in [5, 5.41) is 1.35. The zero-order valence-corrected chi connectivity index (χ0v) is 24.1. The lowest BCUT2D eigenvalue weighted by Gasteiger charge is -2.41. The Labute approximate surface area is 238 Å². The van der Waals surface area contributed by atoms with Crippen molar-refractivity contribution < 1.29 is 27.5 Å². The lowest BCUT2D eigenvalue weighted by atomic mass is 9.81. The molecule has 8 nitrogen and oxygen atoms in total. The number of halogens is 1. The van der Waals surface area contributed by atoms with Crippen LogP contribution in [0.15, 0.2) is 77.7 Å². The van der Waals surface area contributed by atoms with E-state index in [1.807, 2.05) is 54.0 Å². The van der Waals surface area contributed by atoms with Crippen LogP contribution in [0.1, 0.15) is 34.3 Å². The molecule has 10 heteroatoms. The number of fused-ring (bicyclic) bond motifs is 3. The average molecular weight is 581 g/mol. The van der Waals surface area contributed by atoms with Gasteiger partial charge in [0.25, 0.3) is 0 Å². The molecular weight excluding hydrogens is 552 g/mol. The number of aromatic nitrogens is 1. The molecule has 0 saturated heterocycles. The largest absolute Gasteiger partial charge is 0.468 e. The summed E-state index contributed by atoms with van der Waals surface area (Å²) in [6.45, 7) is 1.79. The Balaban J connectivity index is 1.88. The Morgan fingerprint density at radius 3 is 2.15 bits per heavy atom. The average Bonchev–Trinajstić information content (AvgIpc) is 3.26. The van der Waals surface area contributed by atoms with Gasteiger partial charge in [0.1, 0.15) is 0 Å². The van der Waals surface area contributed by atoms with Crippen molar-refractivity contribution in [2.45, 2.75) is 23.8 Å². The standard InChI is InChI=1S/C30H29ClN2O6S/c1-18-13-15-19(16-14-18)40(36,37)33-17-22(20-9-5-7-11-23(20)31)25-21-10-6-8-12-24(21)32(2)27(25)28(33)26(29(34)38-3)30(35)39-4/h5-16,22,26,28H,17H2,1-4H3/t22-,28+/m1/s1. The van der Waals surface area contributed by atoms with E-state index in [4.69, 9.17) is 21.1 Å². The molecule has 1 aliphatic rings. The van der Waals surface area contributed by atoms with E-state index in [2.05, 4.69) is 0 Å². The third kappa shape index (κ3) is 4.48. The molecule has 4 aromatic rings. The molecule has 0 fully saturated rings. The third-order valence-corrected chi connectivity index (χ3v) is 9.83. The van der Waals surface area contributed by atoms with Gasteiger partial charge in [0.05, 0.1) is 25.2 Å². The van der Waals surface area contributed by atoms with Gasteiger partial charge in [-0.3, -0.25) is 9.59 Å². The van der Waals surface area contributed by atoms with Crippen molar-refractivity contribution >= 4 is 44.5 Å². The summed E-state index contributed by atoms with van der Waals surface area (Å²) in [6, 6.07) is 20.1. The van der Waals surface area contributed by atoms with Gasteiger partial charge in [-0.1, -0.05) is 65.7 Å². The van der Waals surface area contributed by atoms with E-state index < -0.39 is 39.8 Å². The van der Waals surface area contributed by atoms with Crippen LogP contribution in [-0.2, 0) is 36.1 Å². The predicted octanol–water partition coefficient (Wildman–Crippen LogP) is 4.98. The second-order valence-electron chi connectivity index (χ2n) is 9.81. The van der Waals surface area contributed by atoms with Crippen LogP contribution in [0.5, 0.6) is 0 Å². The van der Waals surface area contributed by atoms with Crippen molar-refractivity contribution in [2.75, 3.05) is 20.8 Å². The van der Waals surface area contributed by atoms with Crippen LogP contribution in [0.2, 0.25) is 5.02 Å². The monoisotopic (exact) mass is 580 g/mol. The van der Waals surface area contributed by atoms with Gasteiger partial charge >= 0.3 is 11.9 Å². The zero-order valence-electron chi connectivity index (χ0n) is 22.5. The van der Waals surface area contributed by atoms with Gasteiger partial charge in [-0.2, -0.15) is 4.31 Å². The molecule has 5 rings (SSSR count). The Kier molecular flexibility index (Phi) is 7.48. The number of carbonyl (C=O) groups excluding carboxylic acids is 2. The van der Waals surface area contributed by atoms with Crippen molar-refractivity contribution in [3.63, 3.8) is 0 Å². The molecule has 3 aromatic carbocycles. The minimum Gasteiger partial charge on any atom is -0.468 e. The van der Waals surface area contributed by atoms with Gasteiger partial charge in [-0.25, -0.2) is 8.42 Å².